The van der Waals surface area contributed by atoms with Crippen molar-refractivity contribution >= 4 is 5.95 Å². The average molecular weight is 254 g/mol. The standard InChI is InChI=1S/C10H18N6O2/c1-8-9(18)16(11)10(13-12-8)15-4-2-14(3-5-15)6-7-17/h17H,2-7,11H2,1H3. The van der Waals surface area contributed by atoms with Gasteiger partial charge in [0.25, 0.3) is 5.56 Å². The van der Waals surface area contributed by atoms with Gasteiger partial charge in [-0.15, -0.1) is 10.2 Å². The molecule has 8 heteroatoms. The van der Waals surface area contributed by atoms with Gasteiger partial charge < -0.3 is 15.8 Å². The molecule has 1 aromatic heterocycles. The molecule has 0 amide bonds. The van der Waals surface area contributed by atoms with Gasteiger partial charge in [0.15, 0.2) is 0 Å². The maximum absolute atomic E-state index is 11.7. The van der Waals surface area contributed by atoms with Crippen LogP contribution < -0.4 is 16.3 Å². The zero-order chi connectivity index (χ0) is 13.1. The van der Waals surface area contributed by atoms with E-state index in [1.54, 1.807) is 6.92 Å². The highest BCUT2D eigenvalue weighted by atomic mass is 16.3. The summed E-state index contributed by atoms with van der Waals surface area (Å²) in [7, 11) is 0. The topological polar surface area (TPSA) is 101 Å². The second-order valence-electron chi connectivity index (χ2n) is 4.31. The number of β-amino-alcohol motifs (C(OH)–C–C–N with tert-alkyl or cyclic N) is 1. The van der Waals surface area contributed by atoms with E-state index in [1.165, 1.54) is 0 Å². The molecule has 0 unspecified atom stereocenters. The number of piperazine rings is 1. The van der Waals surface area contributed by atoms with Crippen LogP contribution in [0.1, 0.15) is 5.69 Å². The Morgan fingerprint density at radius 2 is 1.94 bits per heavy atom. The molecule has 1 saturated heterocycles. The molecular weight excluding hydrogens is 236 g/mol. The molecule has 0 spiro atoms. The number of anilines is 1. The fourth-order valence-electron chi connectivity index (χ4n) is 2.00. The normalized spacial score (nSPS) is 17.1. The lowest BCUT2D eigenvalue weighted by Gasteiger charge is -2.34. The molecule has 0 atom stereocenters. The predicted molar refractivity (Wildman–Crippen MR) is 66.9 cm³/mol. The fraction of sp³-hybridized carbons (Fsp3) is 0.700. The number of rotatable bonds is 3. The highest BCUT2D eigenvalue weighted by Crippen LogP contribution is 2.09. The van der Waals surface area contributed by atoms with E-state index in [9.17, 15) is 4.79 Å². The van der Waals surface area contributed by atoms with Crippen LogP contribution in [0.4, 0.5) is 5.95 Å². The van der Waals surface area contributed by atoms with E-state index in [0.29, 0.717) is 31.3 Å². The number of aromatic nitrogens is 3. The minimum Gasteiger partial charge on any atom is -0.395 e. The van der Waals surface area contributed by atoms with Crippen molar-refractivity contribution in [2.24, 2.45) is 0 Å². The number of nitrogen functional groups attached to an aromatic ring is 1. The first-order valence-corrected chi connectivity index (χ1v) is 5.93. The summed E-state index contributed by atoms with van der Waals surface area (Å²) < 4.78 is 1.05. The van der Waals surface area contributed by atoms with Gasteiger partial charge in [-0.3, -0.25) is 9.69 Å². The van der Waals surface area contributed by atoms with Gasteiger partial charge in [0.05, 0.1) is 6.61 Å². The highest BCUT2D eigenvalue weighted by Gasteiger charge is 2.20. The molecule has 0 aromatic carbocycles. The minimum absolute atomic E-state index is 0.159. The van der Waals surface area contributed by atoms with E-state index < -0.39 is 0 Å². The maximum atomic E-state index is 11.7. The number of aryl methyl sites for hydroxylation is 1. The predicted octanol–water partition coefficient (Wildman–Crippen LogP) is -2.23. The van der Waals surface area contributed by atoms with E-state index in [4.69, 9.17) is 10.9 Å². The summed E-state index contributed by atoms with van der Waals surface area (Å²) in [5.41, 5.74) is -0.0297. The van der Waals surface area contributed by atoms with Crippen molar-refractivity contribution < 1.29 is 5.11 Å². The Labute approximate surface area is 105 Å². The Morgan fingerprint density at radius 3 is 2.56 bits per heavy atom. The quantitative estimate of drug-likeness (QED) is 0.589. The largest absolute Gasteiger partial charge is 0.395 e. The van der Waals surface area contributed by atoms with Crippen LogP contribution in [0.15, 0.2) is 4.79 Å². The number of aliphatic hydroxyl groups is 1. The molecule has 1 aliphatic heterocycles. The lowest BCUT2D eigenvalue weighted by atomic mass is 10.3. The Morgan fingerprint density at radius 1 is 1.28 bits per heavy atom. The Bertz CT molecular complexity index is 466. The van der Waals surface area contributed by atoms with Crippen LogP contribution in [0.2, 0.25) is 0 Å². The Balaban J connectivity index is 2.10. The smallest absolute Gasteiger partial charge is 0.295 e. The molecule has 18 heavy (non-hydrogen) atoms. The molecule has 1 fully saturated rings. The zero-order valence-electron chi connectivity index (χ0n) is 10.4. The SMILES string of the molecule is Cc1nnc(N2CCN(CCO)CC2)n(N)c1=O. The molecule has 1 aromatic rings. The summed E-state index contributed by atoms with van der Waals surface area (Å²) in [6, 6.07) is 0. The first-order valence-electron chi connectivity index (χ1n) is 5.93. The Kier molecular flexibility index (Phi) is 3.78. The second-order valence-corrected chi connectivity index (χ2v) is 4.31. The van der Waals surface area contributed by atoms with Gasteiger partial charge in [-0.1, -0.05) is 0 Å². The highest BCUT2D eigenvalue weighted by molar-refractivity contribution is 5.30. The van der Waals surface area contributed by atoms with Gasteiger partial charge in [0.2, 0.25) is 5.95 Å². The first-order chi connectivity index (χ1) is 8.63. The number of hydrogen-bond acceptors (Lipinski definition) is 7. The van der Waals surface area contributed by atoms with Crippen molar-refractivity contribution in [1.82, 2.24) is 19.8 Å². The van der Waals surface area contributed by atoms with Gasteiger partial charge >= 0.3 is 0 Å². The summed E-state index contributed by atoms with van der Waals surface area (Å²) >= 11 is 0. The fourth-order valence-corrected chi connectivity index (χ4v) is 2.00. The number of hydrogen-bond donors (Lipinski definition) is 2. The van der Waals surface area contributed by atoms with Crippen LogP contribution in [0.25, 0.3) is 0 Å². The number of nitrogens with two attached hydrogens (primary N) is 1. The minimum atomic E-state index is -0.321. The molecule has 8 nitrogen and oxygen atoms in total. The molecule has 100 valence electrons. The summed E-state index contributed by atoms with van der Waals surface area (Å²) in [4.78, 5) is 15.7. The monoisotopic (exact) mass is 254 g/mol. The summed E-state index contributed by atoms with van der Waals surface area (Å²) in [6.45, 7) is 5.47. The Hall–Kier alpha value is -1.67. The van der Waals surface area contributed by atoms with E-state index in [2.05, 4.69) is 15.1 Å². The van der Waals surface area contributed by atoms with Crippen molar-refractivity contribution in [3.8, 4) is 0 Å². The second kappa shape index (κ2) is 5.32. The average Bonchev–Trinajstić information content (AvgIpc) is 2.38. The molecule has 2 rings (SSSR count). The molecule has 1 aliphatic rings. The maximum Gasteiger partial charge on any atom is 0.295 e. The number of nitrogens with zero attached hydrogens (tertiary/aromatic N) is 5. The van der Waals surface area contributed by atoms with Crippen LogP contribution in [0, 0.1) is 6.92 Å². The van der Waals surface area contributed by atoms with Gasteiger partial charge in [0.1, 0.15) is 5.69 Å². The molecule has 0 bridgehead atoms. The van der Waals surface area contributed by atoms with Crippen LogP contribution >= 0.6 is 0 Å². The lowest BCUT2D eigenvalue weighted by molar-refractivity contribution is 0.188. The van der Waals surface area contributed by atoms with Gasteiger partial charge in [-0.2, -0.15) is 4.68 Å². The first kappa shape index (κ1) is 12.8. The van der Waals surface area contributed by atoms with Crippen molar-refractivity contribution in [2.45, 2.75) is 6.92 Å². The molecule has 2 heterocycles. The van der Waals surface area contributed by atoms with E-state index in [0.717, 1.165) is 17.8 Å². The zero-order valence-corrected chi connectivity index (χ0v) is 10.4. The van der Waals surface area contributed by atoms with Crippen molar-refractivity contribution in [3.05, 3.63) is 16.0 Å². The molecule has 3 N–H and O–H groups in total. The summed E-state index contributed by atoms with van der Waals surface area (Å²) in [5.74, 6) is 6.11. The number of aliphatic hydroxyl groups excluding tert-OH is 1. The van der Waals surface area contributed by atoms with Crippen LogP contribution in [0.5, 0.6) is 0 Å². The van der Waals surface area contributed by atoms with Crippen molar-refractivity contribution in [2.75, 3.05) is 50.1 Å². The van der Waals surface area contributed by atoms with Crippen LogP contribution in [-0.4, -0.2) is 64.2 Å². The third-order valence-corrected chi connectivity index (χ3v) is 3.10. The van der Waals surface area contributed by atoms with Crippen molar-refractivity contribution in [1.29, 1.82) is 0 Å². The molecule has 0 saturated carbocycles. The van der Waals surface area contributed by atoms with Gasteiger partial charge in [-0.05, 0) is 6.92 Å². The molecule has 0 radical (unpaired) electrons. The van der Waals surface area contributed by atoms with E-state index in [-0.39, 0.29) is 12.2 Å². The summed E-state index contributed by atoms with van der Waals surface area (Å²) in [6.07, 6.45) is 0. The van der Waals surface area contributed by atoms with Crippen LogP contribution in [-0.2, 0) is 0 Å². The van der Waals surface area contributed by atoms with E-state index >= 15 is 0 Å². The third-order valence-electron chi connectivity index (χ3n) is 3.10. The third kappa shape index (κ3) is 2.44. The van der Waals surface area contributed by atoms with Crippen LogP contribution in [0.3, 0.4) is 0 Å². The molecular formula is C10H18N6O2. The van der Waals surface area contributed by atoms with E-state index in [1.807, 2.05) is 4.90 Å². The van der Waals surface area contributed by atoms with Gasteiger partial charge in [-0.25, -0.2) is 0 Å². The molecule has 0 aliphatic carbocycles. The van der Waals surface area contributed by atoms with Gasteiger partial charge in [0, 0.05) is 32.7 Å². The van der Waals surface area contributed by atoms with Crippen molar-refractivity contribution in [3.63, 3.8) is 0 Å². The lowest BCUT2D eigenvalue weighted by Crippen LogP contribution is -2.50. The summed E-state index contributed by atoms with van der Waals surface area (Å²) in [5, 5.41) is 16.7.